The van der Waals surface area contributed by atoms with Gasteiger partial charge in [0.15, 0.2) is 0 Å². The van der Waals surface area contributed by atoms with Crippen LogP contribution in [-0.4, -0.2) is 0 Å². The minimum atomic E-state index is 0.841. The van der Waals surface area contributed by atoms with E-state index in [9.17, 15) is 0 Å². The highest BCUT2D eigenvalue weighted by Crippen LogP contribution is 2.50. The van der Waals surface area contributed by atoms with Crippen molar-refractivity contribution in [3.8, 4) is 44.5 Å². The van der Waals surface area contributed by atoms with Gasteiger partial charge in [-0.2, -0.15) is 0 Å². The SMILES string of the molecule is c1ccc(-c2ccc(-c3c4ccc(N(c5ccc6ccccc6c5)c5ccc6c(c5)oc5ccccc56)cc4c(-c4ccc(-c5ccccc5)cc4)c4ccc(N(c5ccc6ccccc6c5)c5ccc6c(c5)oc5ccccc56)cc34)cc2)cc1. The molecule has 4 heteroatoms. The van der Waals surface area contributed by atoms with E-state index in [4.69, 9.17) is 8.83 Å². The molecular weight excluding hydrogens is 1040 g/mol. The first-order valence-corrected chi connectivity index (χ1v) is 29.4. The van der Waals surface area contributed by atoms with Crippen LogP contribution >= 0.6 is 0 Å². The van der Waals surface area contributed by atoms with Crippen LogP contribution in [0.25, 0.3) is 131 Å². The van der Waals surface area contributed by atoms with Gasteiger partial charge in [0, 0.05) is 67.8 Å². The Hall–Kier alpha value is -11.5. The van der Waals surface area contributed by atoms with Gasteiger partial charge in [0.05, 0.1) is 0 Å². The van der Waals surface area contributed by atoms with Crippen molar-refractivity contribution in [3.63, 3.8) is 0 Å². The topological polar surface area (TPSA) is 32.8 Å². The molecule has 2 aromatic heterocycles. The number of fused-ring (bicyclic) bond motifs is 10. The minimum absolute atomic E-state index is 0.841. The summed E-state index contributed by atoms with van der Waals surface area (Å²) < 4.78 is 13.2. The van der Waals surface area contributed by atoms with E-state index in [1.807, 2.05) is 12.1 Å². The fraction of sp³-hybridized carbons (Fsp3) is 0. The summed E-state index contributed by atoms with van der Waals surface area (Å²) in [6.45, 7) is 0. The van der Waals surface area contributed by atoms with Crippen molar-refractivity contribution in [1.29, 1.82) is 0 Å². The summed E-state index contributed by atoms with van der Waals surface area (Å²) in [6.07, 6.45) is 0. The van der Waals surface area contributed by atoms with Crippen LogP contribution in [0, 0.1) is 0 Å². The molecule has 0 radical (unpaired) electrons. The van der Waals surface area contributed by atoms with E-state index in [0.717, 1.165) is 144 Å². The minimum Gasteiger partial charge on any atom is -0.456 e. The summed E-state index contributed by atoms with van der Waals surface area (Å²) in [6, 6.07) is 115. The molecule has 402 valence electrons. The Bertz CT molecular complexity index is 5130. The smallest absolute Gasteiger partial charge is 0.137 e. The molecule has 0 aliphatic rings. The van der Waals surface area contributed by atoms with Gasteiger partial charge in [-0.3, -0.25) is 0 Å². The first-order chi connectivity index (χ1) is 42.6. The summed E-state index contributed by atoms with van der Waals surface area (Å²) in [5, 5.41) is 13.6. The van der Waals surface area contributed by atoms with Crippen molar-refractivity contribution in [2.24, 2.45) is 0 Å². The maximum absolute atomic E-state index is 6.62. The summed E-state index contributed by atoms with van der Waals surface area (Å²) in [4.78, 5) is 4.78. The first kappa shape index (κ1) is 49.2. The molecule has 0 fully saturated rings. The van der Waals surface area contributed by atoms with Crippen LogP contribution in [0.5, 0.6) is 0 Å². The lowest BCUT2D eigenvalue weighted by molar-refractivity contribution is 0.668. The third-order valence-corrected chi connectivity index (χ3v) is 17.4. The maximum Gasteiger partial charge on any atom is 0.137 e. The van der Waals surface area contributed by atoms with Gasteiger partial charge < -0.3 is 18.6 Å². The molecule has 0 amide bonds. The number of benzene rings is 15. The fourth-order valence-electron chi connectivity index (χ4n) is 13.3. The van der Waals surface area contributed by atoms with Crippen molar-refractivity contribution >= 4 is 121 Å². The van der Waals surface area contributed by atoms with Crippen LogP contribution in [0.3, 0.4) is 0 Å². The lowest BCUT2D eigenvalue weighted by Gasteiger charge is -2.28. The number of nitrogens with zero attached hydrogens (tertiary/aromatic N) is 2. The average molecular weight is 1100 g/mol. The molecule has 2 heterocycles. The second-order valence-electron chi connectivity index (χ2n) is 22.4. The highest BCUT2D eigenvalue weighted by molar-refractivity contribution is 6.23. The van der Waals surface area contributed by atoms with E-state index < -0.39 is 0 Å². The number of para-hydroxylation sites is 2. The summed E-state index contributed by atoms with van der Waals surface area (Å²) in [7, 11) is 0. The quantitative estimate of drug-likeness (QED) is 0.128. The van der Waals surface area contributed by atoms with Crippen LogP contribution in [0.4, 0.5) is 34.1 Å². The Morgan fingerprint density at radius 1 is 0.174 bits per heavy atom. The van der Waals surface area contributed by atoms with Crippen molar-refractivity contribution in [2.45, 2.75) is 0 Å². The molecule has 0 saturated heterocycles. The Kier molecular flexibility index (Phi) is 11.5. The fourth-order valence-corrected chi connectivity index (χ4v) is 13.3. The zero-order valence-electron chi connectivity index (χ0n) is 46.7. The molecule has 0 atom stereocenters. The van der Waals surface area contributed by atoms with E-state index in [2.05, 4.69) is 313 Å². The number of rotatable bonds is 10. The third-order valence-electron chi connectivity index (χ3n) is 17.4. The van der Waals surface area contributed by atoms with Gasteiger partial charge in [-0.25, -0.2) is 0 Å². The van der Waals surface area contributed by atoms with E-state index >= 15 is 0 Å². The Morgan fingerprint density at radius 3 is 0.907 bits per heavy atom. The number of hydrogen-bond acceptors (Lipinski definition) is 4. The standard InChI is InChI=1S/C82H52N2O2/c1-3-15-53(16-4-1)57-27-31-59(32-28-57)81-73-45-41-66(84(64-38-36-56-20-8-10-22-62(56)48-64)68-40-44-72-70-24-12-14-26-78(70)86-80(72)52-68)50-76(73)82(60-33-29-58(30-34-60)54-17-5-2-6-18-54)74-46-42-65(49-75(74)81)83(63-37-35-55-19-7-9-21-61(55)47-63)67-39-43-71-69-23-11-13-25-77(69)85-79(71)51-67/h1-52H. The summed E-state index contributed by atoms with van der Waals surface area (Å²) in [5.41, 5.74) is 18.8. The van der Waals surface area contributed by atoms with Gasteiger partial charge in [-0.1, -0.05) is 218 Å². The van der Waals surface area contributed by atoms with Crippen LogP contribution in [0.2, 0.25) is 0 Å². The van der Waals surface area contributed by atoms with Gasteiger partial charge in [-0.05, 0) is 173 Å². The van der Waals surface area contributed by atoms with Crippen LogP contribution in [0.1, 0.15) is 0 Å². The zero-order chi connectivity index (χ0) is 56.7. The van der Waals surface area contributed by atoms with Gasteiger partial charge in [0.2, 0.25) is 0 Å². The summed E-state index contributed by atoms with van der Waals surface area (Å²) >= 11 is 0. The molecule has 0 N–H and O–H groups in total. The predicted octanol–water partition coefficient (Wildman–Crippen LogP) is 23.7. The molecule has 17 aromatic rings. The average Bonchev–Trinajstić information content (AvgIpc) is 1.64. The second kappa shape index (κ2) is 20.2. The second-order valence-corrected chi connectivity index (χ2v) is 22.4. The molecule has 0 bridgehead atoms. The first-order valence-electron chi connectivity index (χ1n) is 29.4. The maximum atomic E-state index is 6.62. The van der Waals surface area contributed by atoms with Gasteiger partial charge in [-0.15, -0.1) is 0 Å². The van der Waals surface area contributed by atoms with Crippen molar-refractivity contribution in [3.05, 3.63) is 315 Å². The molecule has 4 nitrogen and oxygen atoms in total. The lowest BCUT2D eigenvalue weighted by atomic mass is 9.84. The molecule has 0 aliphatic heterocycles. The monoisotopic (exact) mass is 1100 g/mol. The molecule has 15 aromatic carbocycles. The highest BCUT2D eigenvalue weighted by atomic mass is 16.3. The third kappa shape index (κ3) is 8.38. The predicted molar refractivity (Wildman–Crippen MR) is 362 cm³/mol. The van der Waals surface area contributed by atoms with Crippen molar-refractivity contribution < 1.29 is 8.83 Å². The molecule has 0 saturated carbocycles. The van der Waals surface area contributed by atoms with Crippen LogP contribution < -0.4 is 9.80 Å². The van der Waals surface area contributed by atoms with Crippen molar-refractivity contribution in [2.75, 3.05) is 9.80 Å². The molecule has 86 heavy (non-hydrogen) atoms. The Morgan fingerprint density at radius 2 is 0.477 bits per heavy atom. The Labute approximate surface area is 496 Å². The highest BCUT2D eigenvalue weighted by Gasteiger charge is 2.24. The van der Waals surface area contributed by atoms with Gasteiger partial charge >= 0.3 is 0 Å². The molecule has 0 spiro atoms. The van der Waals surface area contributed by atoms with Crippen molar-refractivity contribution in [1.82, 2.24) is 0 Å². The molecule has 0 unspecified atom stereocenters. The molecule has 17 rings (SSSR count). The Balaban J connectivity index is 0.946. The normalized spacial score (nSPS) is 11.7. The summed E-state index contributed by atoms with van der Waals surface area (Å²) in [5.74, 6) is 0. The molecule has 0 aliphatic carbocycles. The number of furan rings is 2. The molecular formula is C82H52N2O2. The number of hydrogen-bond donors (Lipinski definition) is 0. The van der Waals surface area contributed by atoms with Gasteiger partial charge in [0.25, 0.3) is 0 Å². The lowest BCUT2D eigenvalue weighted by Crippen LogP contribution is -2.10. The van der Waals surface area contributed by atoms with E-state index in [0.29, 0.717) is 0 Å². The van der Waals surface area contributed by atoms with E-state index in [-0.39, 0.29) is 0 Å². The van der Waals surface area contributed by atoms with Gasteiger partial charge in [0.1, 0.15) is 22.3 Å². The largest absolute Gasteiger partial charge is 0.456 e. The van der Waals surface area contributed by atoms with Crippen LogP contribution in [-0.2, 0) is 0 Å². The van der Waals surface area contributed by atoms with E-state index in [1.165, 1.54) is 21.9 Å². The number of anilines is 6. The van der Waals surface area contributed by atoms with E-state index in [1.54, 1.807) is 0 Å². The van der Waals surface area contributed by atoms with Crippen LogP contribution in [0.15, 0.2) is 324 Å². The zero-order valence-corrected chi connectivity index (χ0v) is 46.7.